The third kappa shape index (κ3) is 2.33. The van der Waals surface area contributed by atoms with Crippen molar-refractivity contribution in [3.05, 3.63) is 34.9 Å². The van der Waals surface area contributed by atoms with Crippen molar-refractivity contribution < 1.29 is 19.0 Å². The van der Waals surface area contributed by atoms with E-state index in [4.69, 9.17) is 14.2 Å². The minimum atomic E-state index is -0.437. The normalized spacial score (nSPS) is 30.2. The Morgan fingerprint density at radius 3 is 2.88 bits per heavy atom. The van der Waals surface area contributed by atoms with Crippen molar-refractivity contribution in [2.24, 2.45) is 0 Å². The number of carbonyl (C=O) groups is 1. The number of nitrogens with one attached hydrogen (secondary N) is 1. The van der Waals surface area contributed by atoms with Crippen LogP contribution in [0.1, 0.15) is 30.9 Å². The molecule has 0 spiro atoms. The second-order valence-electron chi connectivity index (χ2n) is 7.03. The highest BCUT2D eigenvalue weighted by Gasteiger charge is 2.53. The Balaban J connectivity index is 1.97. The van der Waals surface area contributed by atoms with E-state index in [0.29, 0.717) is 13.0 Å². The highest BCUT2D eigenvalue weighted by Crippen LogP contribution is 2.55. The molecule has 1 aromatic rings. The number of Topliss-reactive ketones (excluding diaryl/α,β-unsaturated/α-hetero) is 1. The second-order valence-corrected chi connectivity index (χ2v) is 7.03. The van der Waals surface area contributed by atoms with Gasteiger partial charge < -0.3 is 19.5 Å². The molecule has 3 atom stereocenters. The van der Waals surface area contributed by atoms with Gasteiger partial charge in [-0.1, -0.05) is 6.07 Å². The third-order valence-electron chi connectivity index (χ3n) is 5.87. The van der Waals surface area contributed by atoms with Crippen molar-refractivity contribution in [1.29, 1.82) is 0 Å². The fraction of sp³-hybridized carbons (Fsp3) is 0.550. The van der Waals surface area contributed by atoms with E-state index >= 15 is 0 Å². The molecule has 2 bridgehead atoms. The lowest BCUT2D eigenvalue weighted by Crippen LogP contribution is -2.57. The fourth-order valence-corrected chi connectivity index (χ4v) is 4.87. The van der Waals surface area contributed by atoms with Crippen LogP contribution in [-0.2, 0) is 21.4 Å². The minimum Gasteiger partial charge on any atom is -0.493 e. The lowest BCUT2D eigenvalue weighted by atomic mass is 9.56. The van der Waals surface area contributed by atoms with E-state index in [1.54, 1.807) is 14.2 Å². The van der Waals surface area contributed by atoms with Crippen LogP contribution in [0.5, 0.6) is 11.5 Å². The van der Waals surface area contributed by atoms with Crippen molar-refractivity contribution >= 4 is 5.78 Å². The fourth-order valence-electron chi connectivity index (χ4n) is 4.87. The first-order chi connectivity index (χ1) is 12.1. The average Bonchev–Trinajstić information content (AvgIpc) is 2.60. The van der Waals surface area contributed by atoms with Gasteiger partial charge in [-0.05, 0) is 49.6 Å². The molecule has 5 heteroatoms. The Morgan fingerprint density at radius 1 is 1.32 bits per heavy atom. The quantitative estimate of drug-likeness (QED) is 0.849. The number of methoxy groups -OCH3 is 2. The summed E-state index contributed by atoms with van der Waals surface area (Å²) in [5, 5.41) is 3.62. The number of hydrogen-bond donors (Lipinski definition) is 1. The van der Waals surface area contributed by atoms with E-state index in [1.807, 2.05) is 19.1 Å². The number of ether oxygens (including phenoxy) is 3. The van der Waals surface area contributed by atoms with E-state index in [2.05, 4.69) is 11.4 Å². The molecule has 1 unspecified atom stereocenters. The Hall–Kier alpha value is -1.85. The number of carbonyl (C=O) groups excluding carboxylic acids is 1. The van der Waals surface area contributed by atoms with Crippen LogP contribution in [0, 0.1) is 0 Å². The highest BCUT2D eigenvalue weighted by molar-refractivity contribution is 5.90. The van der Waals surface area contributed by atoms with Crippen LogP contribution < -0.4 is 14.8 Å². The van der Waals surface area contributed by atoms with Gasteiger partial charge in [0.05, 0.1) is 13.7 Å². The molecule has 3 aliphatic rings. The van der Waals surface area contributed by atoms with Crippen LogP contribution in [0.2, 0.25) is 0 Å². The number of rotatable bonds is 4. The van der Waals surface area contributed by atoms with Crippen LogP contribution in [-0.4, -0.2) is 45.3 Å². The monoisotopic (exact) mass is 343 g/mol. The first kappa shape index (κ1) is 16.6. The smallest absolute Gasteiger partial charge is 0.166 e. The molecule has 0 radical (unpaired) electrons. The maximum Gasteiger partial charge on any atom is 0.166 e. The predicted octanol–water partition coefficient (Wildman–Crippen LogP) is 2.16. The molecule has 25 heavy (non-hydrogen) atoms. The first-order valence-electron chi connectivity index (χ1n) is 8.99. The summed E-state index contributed by atoms with van der Waals surface area (Å²) in [7, 11) is 3.27. The van der Waals surface area contributed by atoms with Gasteiger partial charge in [0.25, 0.3) is 0 Å². The third-order valence-corrected chi connectivity index (χ3v) is 5.87. The van der Waals surface area contributed by atoms with Crippen LogP contribution in [0.25, 0.3) is 0 Å². The molecule has 1 saturated heterocycles. The zero-order chi connectivity index (χ0) is 17.6. The van der Waals surface area contributed by atoms with Crippen molar-refractivity contribution in [2.45, 2.75) is 43.7 Å². The number of ketones is 1. The number of piperidine rings is 1. The standard InChI is InChI=1S/C20H25NO4/c1-4-25-19-16(23-2)6-5-12-9-14-13-10-17(24-3)15(22)11-20(13,18(12)19)7-8-21-14/h5-6,10,14,17,21H,4,7-9,11H2,1-3H3/t14-,17?,20+/m0/s1. The van der Waals surface area contributed by atoms with Crippen molar-refractivity contribution in [1.82, 2.24) is 5.32 Å². The molecule has 0 aromatic heterocycles. The molecular formula is C20H25NO4. The number of hydrogen-bond acceptors (Lipinski definition) is 5. The maximum absolute atomic E-state index is 12.7. The van der Waals surface area contributed by atoms with Gasteiger partial charge in [0, 0.05) is 30.6 Å². The Labute approximate surface area is 148 Å². The average molecular weight is 343 g/mol. The summed E-state index contributed by atoms with van der Waals surface area (Å²) in [6.07, 6.45) is 3.86. The zero-order valence-corrected chi connectivity index (χ0v) is 15.1. The lowest BCUT2D eigenvalue weighted by molar-refractivity contribution is -0.128. The van der Waals surface area contributed by atoms with E-state index in [-0.39, 0.29) is 17.2 Å². The maximum atomic E-state index is 12.7. The molecule has 2 aliphatic carbocycles. The predicted molar refractivity (Wildman–Crippen MR) is 94.5 cm³/mol. The van der Waals surface area contributed by atoms with Crippen LogP contribution in [0.3, 0.4) is 0 Å². The van der Waals surface area contributed by atoms with Gasteiger partial charge in [0.2, 0.25) is 0 Å². The van der Waals surface area contributed by atoms with Crippen LogP contribution in [0.15, 0.2) is 23.8 Å². The van der Waals surface area contributed by atoms with Gasteiger partial charge in [-0.2, -0.15) is 0 Å². The summed E-state index contributed by atoms with van der Waals surface area (Å²) in [6, 6.07) is 4.37. The first-order valence-corrected chi connectivity index (χ1v) is 8.99. The molecule has 1 fully saturated rings. The Bertz CT molecular complexity index is 741. The highest BCUT2D eigenvalue weighted by atomic mass is 16.5. The van der Waals surface area contributed by atoms with E-state index in [0.717, 1.165) is 36.4 Å². The molecule has 1 aliphatic heterocycles. The molecule has 0 amide bonds. The van der Waals surface area contributed by atoms with Crippen LogP contribution >= 0.6 is 0 Å². The molecule has 1 heterocycles. The van der Waals surface area contributed by atoms with Crippen molar-refractivity contribution in [3.63, 3.8) is 0 Å². The molecule has 5 nitrogen and oxygen atoms in total. The number of fused-ring (bicyclic) bond motifs is 1. The van der Waals surface area contributed by atoms with E-state index in [9.17, 15) is 4.79 Å². The van der Waals surface area contributed by atoms with Crippen LogP contribution in [0.4, 0.5) is 0 Å². The molecule has 1 aromatic carbocycles. The summed E-state index contributed by atoms with van der Waals surface area (Å²) >= 11 is 0. The van der Waals surface area contributed by atoms with Crippen molar-refractivity contribution in [2.75, 3.05) is 27.4 Å². The van der Waals surface area contributed by atoms with Gasteiger partial charge in [-0.3, -0.25) is 4.79 Å². The largest absolute Gasteiger partial charge is 0.493 e. The van der Waals surface area contributed by atoms with Crippen molar-refractivity contribution in [3.8, 4) is 11.5 Å². The SMILES string of the molecule is CCOc1c(OC)ccc2c1[C@@]13CCN[C@@H](C2)C1=CC(OC)C(=O)C3. The second kappa shape index (κ2) is 6.15. The molecule has 4 rings (SSSR count). The summed E-state index contributed by atoms with van der Waals surface area (Å²) in [5.74, 6) is 1.69. The molecule has 1 N–H and O–H groups in total. The summed E-state index contributed by atoms with van der Waals surface area (Å²) in [5.41, 5.74) is 3.39. The Morgan fingerprint density at radius 2 is 2.16 bits per heavy atom. The summed E-state index contributed by atoms with van der Waals surface area (Å²) in [6.45, 7) is 3.45. The van der Waals surface area contributed by atoms with Gasteiger partial charge in [0.15, 0.2) is 17.3 Å². The molecular weight excluding hydrogens is 318 g/mol. The molecule has 0 saturated carbocycles. The Kier molecular flexibility index (Phi) is 4.08. The van der Waals surface area contributed by atoms with Gasteiger partial charge in [0.1, 0.15) is 6.10 Å². The zero-order valence-electron chi connectivity index (χ0n) is 15.1. The van der Waals surface area contributed by atoms with E-state index < -0.39 is 6.10 Å². The van der Waals surface area contributed by atoms with E-state index in [1.165, 1.54) is 11.1 Å². The topological polar surface area (TPSA) is 56.8 Å². The van der Waals surface area contributed by atoms with Gasteiger partial charge in [-0.15, -0.1) is 0 Å². The summed E-state index contributed by atoms with van der Waals surface area (Å²) in [4.78, 5) is 12.7. The minimum absolute atomic E-state index is 0.144. The van der Waals surface area contributed by atoms with Gasteiger partial charge in [-0.25, -0.2) is 0 Å². The summed E-state index contributed by atoms with van der Waals surface area (Å²) < 4.78 is 17.0. The molecule has 134 valence electrons. The van der Waals surface area contributed by atoms with Gasteiger partial charge >= 0.3 is 0 Å². The lowest BCUT2D eigenvalue weighted by Gasteiger charge is -2.52. The number of benzene rings is 1.